The number of ether oxygens (including phenoxy) is 1. The molecule has 0 saturated carbocycles. The summed E-state index contributed by atoms with van der Waals surface area (Å²) in [6.07, 6.45) is 4.10. The van der Waals surface area contributed by atoms with Crippen LogP contribution < -0.4 is 0 Å². The zero-order valence-corrected chi connectivity index (χ0v) is 8.25. The smallest absolute Gasteiger partial charge is 0.332 e. The number of unbranched alkanes of at least 4 members (excludes halogenated alkanes) is 1. The normalized spacial score (nSPS) is 19.7. The van der Waals surface area contributed by atoms with Crippen LogP contribution in [0.25, 0.3) is 0 Å². The highest BCUT2D eigenvalue weighted by molar-refractivity contribution is 5.87. The van der Waals surface area contributed by atoms with Crippen molar-refractivity contribution in [3.63, 3.8) is 0 Å². The fraction of sp³-hybridized carbons (Fsp3) is 0.545. The van der Waals surface area contributed by atoms with Gasteiger partial charge in [0.15, 0.2) is 0 Å². The van der Waals surface area contributed by atoms with E-state index in [1.165, 1.54) is 6.08 Å². The van der Waals surface area contributed by atoms with Gasteiger partial charge >= 0.3 is 5.97 Å². The summed E-state index contributed by atoms with van der Waals surface area (Å²) in [6, 6.07) is 0. The van der Waals surface area contributed by atoms with E-state index in [2.05, 4.69) is 18.8 Å². The van der Waals surface area contributed by atoms with Crippen molar-refractivity contribution in [3.05, 3.63) is 11.6 Å². The summed E-state index contributed by atoms with van der Waals surface area (Å²) in [7, 11) is 0. The summed E-state index contributed by atoms with van der Waals surface area (Å²) in [5.41, 5.74) is 0.692. The Morgan fingerprint density at radius 2 is 2.43 bits per heavy atom. The number of carbonyl (C=O) groups is 1. The zero-order valence-electron chi connectivity index (χ0n) is 8.25. The highest BCUT2D eigenvalue weighted by Crippen LogP contribution is 2.19. The van der Waals surface area contributed by atoms with E-state index in [4.69, 9.17) is 9.84 Å². The number of esters is 1. The molecule has 1 atom stereocenters. The van der Waals surface area contributed by atoms with Gasteiger partial charge in [-0.2, -0.15) is 0 Å². The number of hydrogen-bond acceptors (Lipinski definition) is 3. The van der Waals surface area contributed by atoms with E-state index in [0.29, 0.717) is 5.57 Å². The molecule has 3 heteroatoms. The SMILES string of the molecule is CCCCC1OC(=O)C=C1C#CCO. The maximum Gasteiger partial charge on any atom is 0.332 e. The van der Waals surface area contributed by atoms with Gasteiger partial charge < -0.3 is 9.84 Å². The lowest BCUT2D eigenvalue weighted by molar-refractivity contribution is -0.138. The molecule has 1 heterocycles. The Morgan fingerprint density at radius 1 is 1.64 bits per heavy atom. The summed E-state index contributed by atoms with van der Waals surface area (Å²) >= 11 is 0. The molecule has 1 unspecified atom stereocenters. The molecule has 14 heavy (non-hydrogen) atoms. The highest BCUT2D eigenvalue weighted by Gasteiger charge is 2.23. The lowest BCUT2D eigenvalue weighted by Crippen LogP contribution is -2.10. The van der Waals surface area contributed by atoms with E-state index in [0.717, 1.165) is 19.3 Å². The first kappa shape index (κ1) is 10.8. The minimum atomic E-state index is -0.326. The number of rotatable bonds is 3. The molecule has 0 aromatic carbocycles. The van der Waals surface area contributed by atoms with Gasteiger partial charge in [0.05, 0.1) is 0 Å². The van der Waals surface area contributed by atoms with Crippen molar-refractivity contribution in [2.24, 2.45) is 0 Å². The number of hydrogen-bond donors (Lipinski definition) is 1. The Kier molecular flexibility index (Phi) is 4.21. The van der Waals surface area contributed by atoms with Gasteiger partial charge in [0.1, 0.15) is 12.7 Å². The van der Waals surface area contributed by atoms with E-state index in [1.54, 1.807) is 0 Å². The Bertz CT molecular complexity index is 293. The van der Waals surface area contributed by atoms with E-state index >= 15 is 0 Å². The van der Waals surface area contributed by atoms with Crippen molar-refractivity contribution in [3.8, 4) is 11.8 Å². The molecule has 0 spiro atoms. The van der Waals surface area contributed by atoms with Crippen LogP contribution in [0.3, 0.4) is 0 Å². The molecular formula is C11H14O3. The first-order valence-electron chi connectivity index (χ1n) is 4.80. The van der Waals surface area contributed by atoms with Crippen LogP contribution >= 0.6 is 0 Å². The van der Waals surface area contributed by atoms with Crippen molar-refractivity contribution in [1.82, 2.24) is 0 Å². The average molecular weight is 194 g/mol. The molecule has 1 aliphatic heterocycles. The molecule has 76 valence electrons. The van der Waals surface area contributed by atoms with Crippen LogP contribution in [0.2, 0.25) is 0 Å². The largest absolute Gasteiger partial charge is 0.454 e. The van der Waals surface area contributed by atoms with Gasteiger partial charge in [0, 0.05) is 11.6 Å². The van der Waals surface area contributed by atoms with Crippen molar-refractivity contribution >= 4 is 5.97 Å². The van der Waals surface area contributed by atoms with Crippen molar-refractivity contribution in [2.75, 3.05) is 6.61 Å². The third-order valence-corrected chi connectivity index (χ3v) is 2.01. The third-order valence-electron chi connectivity index (χ3n) is 2.01. The second kappa shape index (κ2) is 5.46. The molecule has 0 radical (unpaired) electrons. The van der Waals surface area contributed by atoms with Gasteiger partial charge in [-0.05, 0) is 12.8 Å². The minimum Gasteiger partial charge on any atom is -0.454 e. The van der Waals surface area contributed by atoms with Crippen LogP contribution in [0.5, 0.6) is 0 Å². The van der Waals surface area contributed by atoms with Crippen LogP contribution in [0.15, 0.2) is 11.6 Å². The maximum atomic E-state index is 11.0. The van der Waals surface area contributed by atoms with E-state index in [-0.39, 0.29) is 18.7 Å². The number of cyclic esters (lactones) is 1. The molecule has 3 nitrogen and oxygen atoms in total. The highest BCUT2D eigenvalue weighted by atomic mass is 16.5. The molecule has 0 bridgehead atoms. The molecular weight excluding hydrogens is 180 g/mol. The molecule has 1 aliphatic rings. The minimum absolute atomic E-state index is 0.188. The summed E-state index contributed by atoms with van der Waals surface area (Å²) in [4.78, 5) is 11.0. The van der Waals surface area contributed by atoms with Crippen molar-refractivity contribution in [2.45, 2.75) is 32.3 Å². The van der Waals surface area contributed by atoms with Crippen molar-refractivity contribution in [1.29, 1.82) is 0 Å². The van der Waals surface area contributed by atoms with Crippen LogP contribution in [-0.4, -0.2) is 23.8 Å². The van der Waals surface area contributed by atoms with E-state index in [1.807, 2.05) is 0 Å². The molecule has 0 saturated heterocycles. The number of aliphatic hydroxyl groups is 1. The molecule has 1 rings (SSSR count). The summed E-state index contributed by atoms with van der Waals surface area (Å²) in [5.74, 6) is 4.93. The average Bonchev–Trinajstić information content (AvgIpc) is 2.52. The van der Waals surface area contributed by atoms with Crippen LogP contribution in [-0.2, 0) is 9.53 Å². The monoisotopic (exact) mass is 194 g/mol. The molecule has 0 aromatic heterocycles. The van der Waals surface area contributed by atoms with Gasteiger partial charge in [-0.15, -0.1) is 0 Å². The van der Waals surface area contributed by atoms with Crippen LogP contribution in [0.1, 0.15) is 26.2 Å². The Morgan fingerprint density at radius 3 is 3.07 bits per heavy atom. The van der Waals surface area contributed by atoms with Gasteiger partial charge in [-0.25, -0.2) is 4.79 Å². The molecule has 1 N–H and O–H groups in total. The topological polar surface area (TPSA) is 46.5 Å². The van der Waals surface area contributed by atoms with Gasteiger partial charge in [-0.3, -0.25) is 0 Å². The fourth-order valence-corrected chi connectivity index (χ4v) is 1.32. The second-order valence-corrected chi connectivity index (χ2v) is 3.13. The number of carbonyl (C=O) groups excluding carboxylic acids is 1. The van der Waals surface area contributed by atoms with E-state index < -0.39 is 0 Å². The molecule has 0 aromatic rings. The summed E-state index contributed by atoms with van der Waals surface area (Å²) in [5, 5.41) is 8.53. The third kappa shape index (κ3) is 2.90. The van der Waals surface area contributed by atoms with Crippen LogP contribution in [0.4, 0.5) is 0 Å². The first-order chi connectivity index (χ1) is 6.77. The number of aliphatic hydroxyl groups excluding tert-OH is 1. The molecule has 0 fully saturated rings. The fourth-order valence-electron chi connectivity index (χ4n) is 1.32. The Balaban J connectivity index is 2.59. The van der Waals surface area contributed by atoms with Crippen molar-refractivity contribution < 1.29 is 14.6 Å². The van der Waals surface area contributed by atoms with Gasteiger partial charge in [0.25, 0.3) is 0 Å². The molecule has 0 amide bonds. The Labute approximate surface area is 83.8 Å². The summed E-state index contributed by atoms with van der Waals surface area (Å²) in [6.45, 7) is 1.89. The first-order valence-corrected chi connectivity index (χ1v) is 4.80. The summed E-state index contributed by atoms with van der Waals surface area (Å²) < 4.78 is 5.06. The predicted molar refractivity (Wildman–Crippen MR) is 52.3 cm³/mol. The maximum absolute atomic E-state index is 11.0. The standard InChI is InChI=1S/C11H14O3/c1-2-3-6-10-9(5-4-7-12)8-11(13)14-10/h8,10,12H,2-3,6-7H2,1H3. The lowest BCUT2D eigenvalue weighted by Gasteiger charge is -2.09. The second-order valence-electron chi connectivity index (χ2n) is 3.13. The zero-order chi connectivity index (χ0) is 10.4. The molecule has 0 aliphatic carbocycles. The van der Waals surface area contributed by atoms with E-state index in [9.17, 15) is 4.79 Å². The van der Waals surface area contributed by atoms with Gasteiger partial charge in [0.2, 0.25) is 0 Å². The Hall–Kier alpha value is -1.27. The van der Waals surface area contributed by atoms with Crippen LogP contribution in [0, 0.1) is 11.8 Å². The lowest BCUT2D eigenvalue weighted by atomic mass is 10.1. The quantitative estimate of drug-likeness (QED) is 0.539. The van der Waals surface area contributed by atoms with Gasteiger partial charge in [-0.1, -0.05) is 25.2 Å². The predicted octanol–water partition coefficient (Wildman–Crippen LogP) is 1.02.